The summed E-state index contributed by atoms with van der Waals surface area (Å²) in [5.41, 5.74) is 0.613. The summed E-state index contributed by atoms with van der Waals surface area (Å²) in [4.78, 5) is 59.2. The van der Waals surface area contributed by atoms with Gasteiger partial charge in [-0.2, -0.15) is 0 Å². The lowest BCUT2D eigenvalue weighted by atomic mass is 9.84. The smallest absolute Gasteiger partial charge is 0.245 e. The highest BCUT2D eigenvalue weighted by Gasteiger charge is 2.68. The van der Waals surface area contributed by atoms with E-state index in [2.05, 4.69) is 34.8 Å². The van der Waals surface area contributed by atoms with Gasteiger partial charge in [0.25, 0.3) is 0 Å². The van der Waals surface area contributed by atoms with Gasteiger partial charge in [-0.3, -0.25) is 24.2 Å². The molecule has 9 nitrogen and oxygen atoms in total. The monoisotopic (exact) mass is 611 g/mol. The Balaban J connectivity index is 1.26. The normalized spacial score (nSPS) is 30.4. The molecule has 4 amide bonds. The number of hydrogen-bond acceptors (Lipinski definition) is 5. The van der Waals surface area contributed by atoms with E-state index < -0.39 is 11.5 Å². The van der Waals surface area contributed by atoms with E-state index in [9.17, 15) is 19.2 Å². The summed E-state index contributed by atoms with van der Waals surface area (Å²) in [5.74, 6) is -0.0426. The zero-order chi connectivity index (χ0) is 31.3. The molecule has 3 N–H and O–H groups in total. The van der Waals surface area contributed by atoms with E-state index in [4.69, 9.17) is 11.6 Å². The molecule has 4 fully saturated rings. The van der Waals surface area contributed by atoms with Crippen molar-refractivity contribution in [3.8, 4) is 0 Å². The fourth-order valence-electron chi connectivity index (χ4n) is 7.53. The maximum Gasteiger partial charge on any atom is 0.245 e. The van der Waals surface area contributed by atoms with Crippen molar-refractivity contribution in [3.63, 3.8) is 0 Å². The Morgan fingerprint density at radius 2 is 1.88 bits per heavy atom. The molecule has 1 aromatic carbocycles. The van der Waals surface area contributed by atoms with Gasteiger partial charge in [-0.25, -0.2) is 0 Å². The third-order valence-electron chi connectivity index (χ3n) is 10.2. The summed E-state index contributed by atoms with van der Waals surface area (Å²) in [6.07, 6.45) is 3.84. The molecule has 0 spiro atoms. The second-order valence-electron chi connectivity index (χ2n) is 14.6. The van der Waals surface area contributed by atoms with Crippen LogP contribution >= 0.6 is 11.6 Å². The minimum Gasteiger partial charge on any atom is -0.356 e. The molecular weight excluding hydrogens is 566 g/mol. The van der Waals surface area contributed by atoms with Crippen LogP contribution in [0.15, 0.2) is 29.3 Å². The van der Waals surface area contributed by atoms with Gasteiger partial charge in [0.2, 0.25) is 23.6 Å². The number of nitrogens with one attached hydrogen (secondary N) is 3. The quantitative estimate of drug-likeness (QED) is 0.351. The van der Waals surface area contributed by atoms with E-state index in [1.54, 1.807) is 13.3 Å². The van der Waals surface area contributed by atoms with Crippen molar-refractivity contribution < 1.29 is 19.2 Å². The summed E-state index contributed by atoms with van der Waals surface area (Å²) < 4.78 is 0. The first-order valence-electron chi connectivity index (χ1n) is 15.6. The van der Waals surface area contributed by atoms with Crippen molar-refractivity contribution in [1.82, 2.24) is 20.9 Å². The topological polar surface area (TPSA) is 120 Å². The van der Waals surface area contributed by atoms with Crippen molar-refractivity contribution in [2.24, 2.45) is 39.5 Å². The van der Waals surface area contributed by atoms with Crippen LogP contribution in [0.3, 0.4) is 0 Å². The van der Waals surface area contributed by atoms with Crippen molar-refractivity contribution in [1.29, 1.82) is 0 Å². The maximum atomic E-state index is 14.2. The van der Waals surface area contributed by atoms with E-state index >= 15 is 0 Å². The summed E-state index contributed by atoms with van der Waals surface area (Å²) >= 11 is 6.04. The van der Waals surface area contributed by atoms with Gasteiger partial charge in [0.15, 0.2) is 0 Å². The average molecular weight is 612 g/mol. The molecule has 0 aromatic heterocycles. The number of rotatable bonds is 10. The molecular formula is C33H46ClN5O4. The van der Waals surface area contributed by atoms with Crippen molar-refractivity contribution in [3.05, 3.63) is 34.9 Å². The molecule has 0 unspecified atom stereocenters. The molecule has 1 aromatic rings. The molecule has 0 radical (unpaired) electrons. The van der Waals surface area contributed by atoms with Gasteiger partial charge in [0.1, 0.15) is 6.04 Å². The fourth-order valence-corrected chi connectivity index (χ4v) is 7.65. The predicted molar refractivity (Wildman–Crippen MR) is 167 cm³/mol. The molecule has 2 saturated heterocycles. The number of amides is 4. The Kier molecular flexibility index (Phi) is 8.69. The first-order chi connectivity index (χ1) is 20.2. The number of hydrogen-bond donors (Lipinski definition) is 3. The average Bonchev–Trinajstić information content (AvgIpc) is 3.70. The third-order valence-corrected chi connectivity index (χ3v) is 10.5. The SMILES string of the molecule is C/N=C/[C@H](C[C@@H]1CCNC1=O)NC(=O)C[C@@H]1[C@@H]2[C@H](CN1C(=O)[C@@H](NC(=O)[C@@H]1C[C@H]1c1ccc(Cl)cc1)C(C)(C)C)C2(C)C. The molecule has 2 saturated carbocycles. The molecule has 2 aliphatic heterocycles. The Labute approximate surface area is 260 Å². The van der Waals surface area contributed by atoms with Crippen molar-refractivity contribution in [2.75, 3.05) is 20.1 Å². The van der Waals surface area contributed by atoms with Crippen LogP contribution < -0.4 is 16.0 Å². The number of aliphatic imine (C=N–C) groups is 1. The molecule has 234 valence electrons. The Hall–Kier alpha value is -2.94. The Morgan fingerprint density at radius 1 is 1.19 bits per heavy atom. The molecule has 0 bridgehead atoms. The summed E-state index contributed by atoms with van der Waals surface area (Å²) in [6.45, 7) is 11.5. The van der Waals surface area contributed by atoms with Crippen LogP contribution in [0, 0.1) is 34.5 Å². The van der Waals surface area contributed by atoms with Gasteiger partial charge in [0.05, 0.1) is 6.04 Å². The standard InChI is InChI=1S/C33H46ClN5O4/c1-32(2,3)28(38-30(42)23-14-22(23)18-7-9-20(34)10-8-18)31(43)39-17-24-27(33(24,4)5)25(39)15-26(40)37-21(16-35-6)13-19-11-12-36-29(19)41/h7-10,16,19,21-25,27-28H,11-15,17H2,1-6H3,(H,36,41)(H,37,40)(H,38,42)/b35-16+/t19-,21-,22-,23+,24-,25+,27-,28+/m0/s1. The van der Waals surface area contributed by atoms with Gasteiger partial charge < -0.3 is 20.9 Å². The molecule has 8 atom stereocenters. The van der Waals surface area contributed by atoms with Gasteiger partial charge >= 0.3 is 0 Å². The Bertz CT molecular complexity index is 1290. The third kappa shape index (κ3) is 6.61. The van der Waals surface area contributed by atoms with Crippen molar-refractivity contribution >= 4 is 41.4 Å². The van der Waals surface area contributed by atoms with Gasteiger partial charge in [-0.15, -0.1) is 0 Å². The molecule has 2 aliphatic carbocycles. The van der Waals surface area contributed by atoms with E-state index in [0.29, 0.717) is 30.5 Å². The fraction of sp³-hybridized carbons (Fsp3) is 0.667. The summed E-state index contributed by atoms with van der Waals surface area (Å²) in [7, 11) is 1.66. The minimum absolute atomic E-state index is 0.0137. The van der Waals surface area contributed by atoms with Crippen LogP contribution in [0.4, 0.5) is 0 Å². The molecule has 10 heteroatoms. The first kappa shape index (κ1) is 31.5. The maximum absolute atomic E-state index is 14.2. The van der Waals surface area contributed by atoms with Gasteiger partial charge in [0, 0.05) is 55.7 Å². The number of fused-ring (bicyclic) bond motifs is 1. The lowest BCUT2D eigenvalue weighted by Crippen LogP contribution is -2.57. The van der Waals surface area contributed by atoms with Crippen LogP contribution in [-0.4, -0.2) is 73.0 Å². The first-order valence-corrected chi connectivity index (χ1v) is 16.0. The van der Waals surface area contributed by atoms with Crippen LogP contribution in [0.25, 0.3) is 0 Å². The number of benzene rings is 1. The molecule has 43 heavy (non-hydrogen) atoms. The molecule has 5 rings (SSSR count). The lowest BCUT2D eigenvalue weighted by Gasteiger charge is -2.38. The van der Waals surface area contributed by atoms with Crippen LogP contribution in [0.2, 0.25) is 5.02 Å². The van der Waals surface area contributed by atoms with E-state index in [1.807, 2.05) is 49.9 Å². The Morgan fingerprint density at radius 3 is 2.49 bits per heavy atom. The zero-order valence-corrected chi connectivity index (χ0v) is 26.9. The van der Waals surface area contributed by atoms with Crippen LogP contribution in [-0.2, 0) is 19.2 Å². The predicted octanol–water partition coefficient (Wildman–Crippen LogP) is 3.56. The van der Waals surface area contributed by atoms with Crippen molar-refractivity contribution in [2.45, 2.75) is 84.3 Å². The lowest BCUT2D eigenvalue weighted by molar-refractivity contribution is -0.142. The highest BCUT2D eigenvalue weighted by molar-refractivity contribution is 6.30. The molecule has 4 aliphatic rings. The summed E-state index contributed by atoms with van der Waals surface area (Å²) in [5, 5.41) is 9.70. The van der Waals surface area contributed by atoms with Crippen LogP contribution in [0.1, 0.15) is 71.8 Å². The van der Waals surface area contributed by atoms with E-state index in [-0.39, 0.29) is 71.2 Å². The zero-order valence-electron chi connectivity index (χ0n) is 26.2. The largest absolute Gasteiger partial charge is 0.356 e. The van der Waals surface area contributed by atoms with Gasteiger partial charge in [-0.1, -0.05) is 58.4 Å². The number of carbonyl (C=O) groups is 4. The highest BCUT2D eigenvalue weighted by atomic mass is 35.5. The van der Waals surface area contributed by atoms with E-state index in [0.717, 1.165) is 18.4 Å². The highest BCUT2D eigenvalue weighted by Crippen LogP contribution is 2.65. The van der Waals surface area contributed by atoms with Gasteiger partial charge in [-0.05, 0) is 65.5 Å². The summed E-state index contributed by atoms with van der Waals surface area (Å²) in [6, 6.07) is 6.27. The number of halogens is 1. The van der Waals surface area contributed by atoms with E-state index in [1.165, 1.54) is 0 Å². The number of carbonyl (C=O) groups excluding carboxylic acids is 4. The number of nitrogens with zero attached hydrogens (tertiary/aromatic N) is 2. The second kappa shape index (κ2) is 11.9. The minimum atomic E-state index is -0.710. The number of likely N-dealkylation sites (tertiary alicyclic amines) is 1. The van der Waals surface area contributed by atoms with Crippen LogP contribution in [0.5, 0.6) is 0 Å². The molecule has 2 heterocycles. The second-order valence-corrected chi connectivity index (χ2v) is 15.1. The number of piperidine rings is 1.